The first-order valence-corrected chi connectivity index (χ1v) is 12.5. The lowest BCUT2D eigenvalue weighted by molar-refractivity contribution is 0.132. The number of methoxy groups -OCH3 is 1. The molecule has 0 saturated carbocycles. The molecule has 9 nitrogen and oxygen atoms in total. The zero-order chi connectivity index (χ0) is 22.7. The fourth-order valence-electron chi connectivity index (χ4n) is 5.21. The number of ether oxygens (including phenoxy) is 2. The van der Waals surface area contributed by atoms with Gasteiger partial charge < -0.3 is 14.8 Å². The first-order chi connectivity index (χ1) is 15.2. The second-order valence-corrected chi connectivity index (χ2v) is 11.2. The summed E-state index contributed by atoms with van der Waals surface area (Å²) in [6.07, 6.45) is 6.26. The first-order valence-electron chi connectivity index (χ1n) is 11.0. The number of anilines is 1. The second-order valence-electron chi connectivity index (χ2n) is 9.43. The van der Waals surface area contributed by atoms with Gasteiger partial charge in [0.05, 0.1) is 19.3 Å². The molecule has 1 aromatic heterocycles. The summed E-state index contributed by atoms with van der Waals surface area (Å²) in [6, 6.07) is 1.56. The first kappa shape index (κ1) is 21.4. The summed E-state index contributed by atoms with van der Waals surface area (Å²) in [4.78, 5) is 13.1. The highest BCUT2D eigenvalue weighted by Gasteiger charge is 2.36. The number of carbonyl (C=O) groups excluding carboxylic acids is 1. The van der Waals surface area contributed by atoms with Crippen molar-refractivity contribution < 1.29 is 18.5 Å². The summed E-state index contributed by atoms with van der Waals surface area (Å²) < 4.78 is 30.0. The van der Waals surface area contributed by atoms with Crippen molar-refractivity contribution >= 4 is 21.6 Å². The molecule has 1 aromatic carbocycles. The Hall–Kier alpha value is -2.43. The maximum atomic E-state index is 13.3. The van der Waals surface area contributed by atoms with Crippen LogP contribution in [0.2, 0.25) is 0 Å². The Labute approximate surface area is 188 Å². The minimum absolute atomic E-state index is 0.138. The quantitative estimate of drug-likeness (QED) is 0.728. The predicted octanol–water partition coefficient (Wildman–Crippen LogP) is 3.15. The zero-order valence-corrected chi connectivity index (χ0v) is 19.5. The Bertz CT molecular complexity index is 1230. The summed E-state index contributed by atoms with van der Waals surface area (Å²) in [5, 5.41) is 13.2. The van der Waals surface area contributed by atoms with Gasteiger partial charge in [0.15, 0.2) is 9.92 Å². The van der Waals surface area contributed by atoms with Crippen molar-refractivity contribution in [1.29, 1.82) is 0 Å². The van der Waals surface area contributed by atoms with Crippen molar-refractivity contribution in [3.05, 3.63) is 34.5 Å². The topological polar surface area (TPSA) is 121 Å². The minimum Gasteiger partial charge on any atom is -0.469 e. The molecular formula is C22H29N5O4S. The van der Waals surface area contributed by atoms with E-state index in [2.05, 4.69) is 20.8 Å². The van der Waals surface area contributed by atoms with Crippen molar-refractivity contribution in [2.24, 2.45) is 9.50 Å². The van der Waals surface area contributed by atoms with E-state index < -0.39 is 21.5 Å². The van der Waals surface area contributed by atoms with Crippen LogP contribution >= 0.6 is 0 Å². The minimum atomic E-state index is -3.53. The number of fused-ring (bicyclic) bond motifs is 3. The van der Waals surface area contributed by atoms with Crippen LogP contribution in [0.5, 0.6) is 5.88 Å². The molecule has 0 bridgehead atoms. The molecule has 10 heteroatoms. The Balaban J connectivity index is 1.49. The van der Waals surface area contributed by atoms with Gasteiger partial charge in [-0.25, -0.2) is 18.8 Å². The van der Waals surface area contributed by atoms with E-state index in [4.69, 9.17) is 14.6 Å². The van der Waals surface area contributed by atoms with Crippen LogP contribution in [0.1, 0.15) is 54.9 Å². The van der Waals surface area contributed by atoms with Crippen molar-refractivity contribution in [3.63, 3.8) is 0 Å². The molecule has 2 heterocycles. The number of hydrogen-bond donors (Lipinski definition) is 2. The molecule has 2 aromatic rings. The molecule has 32 heavy (non-hydrogen) atoms. The van der Waals surface area contributed by atoms with Gasteiger partial charge in [-0.15, -0.1) is 4.36 Å². The number of urea groups is 1. The van der Waals surface area contributed by atoms with E-state index >= 15 is 0 Å². The van der Waals surface area contributed by atoms with Crippen LogP contribution < -0.4 is 15.2 Å². The van der Waals surface area contributed by atoms with Gasteiger partial charge in [0.1, 0.15) is 10.5 Å². The molecular weight excluding hydrogens is 430 g/mol. The number of hydrogen-bond acceptors (Lipinski definition) is 5. The van der Waals surface area contributed by atoms with E-state index in [9.17, 15) is 9.00 Å². The lowest BCUT2D eigenvalue weighted by Gasteiger charge is -2.19. The highest BCUT2D eigenvalue weighted by Crippen LogP contribution is 2.44. The maximum absolute atomic E-state index is 13.3. The van der Waals surface area contributed by atoms with E-state index in [1.807, 2.05) is 13.8 Å². The van der Waals surface area contributed by atoms with Gasteiger partial charge in [-0.05, 0) is 68.2 Å². The van der Waals surface area contributed by atoms with Gasteiger partial charge in [0, 0.05) is 18.7 Å². The van der Waals surface area contributed by atoms with Crippen molar-refractivity contribution in [1.82, 2.24) is 9.78 Å². The lowest BCUT2D eigenvalue weighted by Crippen LogP contribution is -2.27. The van der Waals surface area contributed by atoms with E-state index in [0.29, 0.717) is 19.0 Å². The molecule has 0 fully saturated rings. The number of carbonyl (C=O) groups is 1. The summed E-state index contributed by atoms with van der Waals surface area (Å²) in [5.74, 6) is 0.522. The van der Waals surface area contributed by atoms with Crippen molar-refractivity contribution in [2.45, 2.75) is 68.9 Å². The van der Waals surface area contributed by atoms with Crippen LogP contribution in [0.25, 0.3) is 0 Å². The lowest BCUT2D eigenvalue weighted by atomic mass is 9.94. The normalized spacial score (nSPS) is 21.9. The predicted molar refractivity (Wildman–Crippen MR) is 120 cm³/mol. The molecule has 1 aliphatic heterocycles. The Morgan fingerprint density at radius 3 is 3.00 bits per heavy atom. The highest BCUT2D eigenvalue weighted by molar-refractivity contribution is 7.91. The van der Waals surface area contributed by atoms with Crippen LogP contribution in [0, 0.1) is 0 Å². The summed E-state index contributed by atoms with van der Waals surface area (Å²) in [7, 11) is -1.84. The summed E-state index contributed by atoms with van der Waals surface area (Å²) in [6.45, 7) is 4.91. The zero-order valence-electron chi connectivity index (χ0n) is 18.6. The number of nitrogens with one attached hydrogen (secondary N) is 1. The van der Waals surface area contributed by atoms with Gasteiger partial charge in [-0.2, -0.15) is 5.10 Å². The largest absolute Gasteiger partial charge is 0.469 e. The van der Waals surface area contributed by atoms with Gasteiger partial charge in [0.25, 0.3) is 0 Å². The van der Waals surface area contributed by atoms with E-state index in [-0.39, 0.29) is 10.8 Å². The highest BCUT2D eigenvalue weighted by atomic mass is 32.2. The Kier molecular flexibility index (Phi) is 5.06. The molecule has 0 saturated heterocycles. The second kappa shape index (κ2) is 7.57. The number of benzene rings is 1. The third-order valence-corrected chi connectivity index (χ3v) is 7.84. The average molecular weight is 460 g/mol. The average Bonchev–Trinajstić information content (AvgIpc) is 3.44. The molecule has 0 spiro atoms. The molecule has 3 aliphatic rings. The summed E-state index contributed by atoms with van der Waals surface area (Å²) >= 11 is 0. The fraction of sp³-hybridized carbons (Fsp3) is 0.545. The number of nitrogens with two attached hydrogens (primary N) is 1. The number of aryl methyl sites for hydroxylation is 2. The molecule has 0 unspecified atom stereocenters. The van der Waals surface area contributed by atoms with Crippen LogP contribution in [0.15, 0.2) is 21.5 Å². The number of amides is 2. The molecule has 2 aliphatic carbocycles. The molecule has 172 valence electrons. The molecule has 3 N–H and O–H groups in total. The van der Waals surface area contributed by atoms with Crippen molar-refractivity contribution in [2.75, 3.05) is 19.0 Å². The van der Waals surface area contributed by atoms with Gasteiger partial charge in [0.2, 0.25) is 5.88 Å². The number of nitrogens with zero attached hydrogens (tertiary/aromatic N) is 3. The van der Waals surface area contributed by atoms with E-state index in [0.717, 1.165) is 48.9 Å². The van der Waals surface area contributed by atoms with Crippen LogP contribution in [-0.2, 0) is 40.5 Å². The molecule has 0 radical (unpaired) electrons. The van der Waals surface area contributed by atoms with Gasteiger partial charge >= 0.3 is 6.03 Å². The monoisotopic (exact) mass is 459 g/mol. The number of rotatable bonds is 4. The van der Waals surface area contributed by atoms with Crippen LogP contribution in [-0.4, -0.2) is 39.3 Å². The van der Waals surface area contributed by atoms with Gasteiger partial charge in [-0.1, -0.05) is 6.07 Å². The van der Waals surface area contributed by atoms with E-state index in [1.165, 1.54) is 17.3 Å². The SMILES string of the molecule is COC[C@H]1CCc2cc3c(c(NC(=O)N=[S@](N)(=O)c4cnn5c4OC(C)(C)C5)c21)CCC3. The van der Waals surface area contributed by atoms with E-state index in [1.54, 1.807) is 11.8 Å². The smallest absolute Gasteiger partial charge is 0.354 e. The third-order valence-electron chi connectivity index (χ3n) is 6.49. The fourth-order valence-corrected chi connectivity index (χ4v) is 6.20. The Morgan fingerprint density at radius 2 is 2.22 bits per heavy atom. The molecule has 2 atom stereocenters. The third kappa shape index (κ3) is 3.60. The van der Waals surface area contributed by atoms with Crippen LogP contribution in [0.4, 0.5) is 10.5 Å². The summed E-state index contributed by atoms with van der Waals surface area (Å²) in [5.41, 5.74) is 5.11. The molecule has 2 amide bonds. The maximum Gasteiger partial charge on any atom is 0.354 e. The number of aromatic nitrogens is 2. The standard InChI is InChI=1S/C22H29N5O4S/c1-22(2)12-27-20(31-22)17(10-24-27)32(23,29)26-21(28)25-19-16-6-4-5-13(16)9-14-7-8-15(11-30-3)18(14)19/h9-10,15H,4-8,11-12H2,1-3H3,(H3,23,25,26,28,29)/t15-,32+/m1/s1. The Morgan fingerprint density at radius 1 is 1.41 bits per heavy atom. The van der Waals surface area contributed by atoms with Crippen LogP contribution in [0.3, 0.4) is 0 Å². The van der Waals surface area contributed by atoms with Crippen molar-refractivity contribution in [3.8, 4) is 5.88 Å². The molecule has 5 rings (SSSR count). The van der Waals surface area contributed by atoms with Gasteiger partial charge in [-0.3, -0.25) is 0 Å².